The van der Waals surface area contributed by atoms with E-state index in [0.29, 0.717) is 0 Å². The van der Waals surface area contributed by atoms with Gasteiger partial charge in [0.05, 0.1) is 23.7 Å². The van der Waals surface area contributed by atoms with Crippen molar-refractivity contribution in [3.8, 4) is 6.07 Å². The summed E-state index contributed by atoms with van der Waals surface area (Å²) in [7, 11) is 1.16. The van der Waals surface area contributed by atoms with Gasteiger partial charge in [-0.3, -0.25) is 14.9 Å². The lowest BCUT2D eigenvalue weighted by molar-refractivity contribution is -0.385. The van der Waals surface area contributed by atoms with Gasteiger partial charge >= 0.3 is 5.97 Å². The van der Waals surface area contributed by atoms with Crippen LogP contribution in [-0.4, -0.2) is 23.9 Å². The van der Waals surface area contributed by atoms with Gasteiger partial charge in [0.2, 0.25) is 5.91 Å². The molecule has 0 radical (unpaired) electrons. The normalized spacial score (nSPS) is 20.5. The number of esters is 1. The second-order valence-corrected chi connectivity index (χ2v) is 4.92. The van der Waals surface area contributed by atoms with Crippen LogP contribution in [0.25, 0.3) is 0 Å². The molecule has 0 fully saturated rings. The highest BCUT2D eigenvalue weighted by Crippen LogP contribution is 2.40. The lowest BCUT2D eigenvalue weighted by Gasteiger charge is -2.29. The third-order valence-electron chi connectivity index (χ3n) is 3.65. The molecule has 2 unspecified atom stereocenters. The Morgan fingerprint density at radius 1 is 1.43 bits per heavy atom. The van der Waals surface area contributed by atoms with Gasteiger partial charge < -0.3 is 10.1 Å². The summed E-state index contributed by atoms with van der Waals surface area (Å²) in [5.41, 5.74) is 0.116. The minimum absolute atomic E-state index is 0.0351. The first kappa shape index (κ1) is 16.2. The zero-order valence-corrected chi connectivity index (χ0v) is 12.4. The summed E-state index contributed by atoms with van der Waals surface area (Å²) < 4.78 is 4.71. The third kappa shape index (κ3) is 2.76. The van der Waals surface area contributed by atoms with E-state index in [1.165, 1.54) is 25.1 Å². The number of allylic oxidation sites excluding steroid dienone is 1. The average Bonchev–Trinajstić information content (AvgIpc) is 2.53. The topological polar surface area (TPSA) is 122 Å². The smallest absolute Gasteiger partial charge is 0.336 e. The van der Waals surface area contributed by atoms with Crippen LogP contribution in [0.3, 0.4) is 0 Å². The van der Waals surface area contributed by atoms with Crippen LogP contribution in [0.15, 0.2) is 35.5 Å². The zero-order chi connectivity index (χ0) is 17.1. The summed E-state index contributed by atoms with van der Waals surface area (Å²) in [5, 5.41) is 23.0. The number of methoxy groups -OCH3 is 1. The maximum absolute atomic E-state index is 12.1. The number of rotatable bonds is 3. The number of nitro groups is 1. The predicted octanol–water partition coefficient (Wildman–Crippen LogP) is 1.39. The van der Waals surface area contributed by atoms with Crippen molar-refractivity contribution in [2.45, 2.75) is 12.8 Å². The van der Waals surface area contributed by atoms with Crippen LogP contribution in [0.1, 0.15) is 18.4 Å². The van der Waals surface area contributed by atoms with Crippen molar-refractivity contribution in [3.05, 3.63) is 51.2 Å². The molecule has 2 atom stereocenters. The predicted molar refractivity (Wildman–Crippen MR) is 77.8 cm³/mol. The fraction of sp³-hybridized carbons (Fsp3) is 0.267. The Morgan fingerprint density at radius 3 is 2.65 bits per heavy atom. The summed E-state index contributed by atoms with van der Waals surface area (Å²) in [6.45, 7) is 1.49. The van der Waals surface area contributed by atoms with E-state index in [-0.39, 0.29) is 22.5 Å². The lowest BCUT2D eigenvalue weighted by atomic mass is 9.77. The summed E-state index contributed by atoms with van der Waals surface area (Å²) in [6, 6.07) is 7.54. The quantitative estimate of drug-likeness (QED) is 0.511. The van der Waals surface area contributed by atoms with Crippen molar-refractivity contribution in [1.29, 1.82) is 5.26 Å². The first-order valence-electron chi connectivity index (χ1n) is 6.65. The maximum atomic E-state index is 12.1. The molecule has 0 saturated heterocycles. The molecule has 0 bridgehead atoms. The first-order chi connectivity index (χ1) is 10.9. The maximum Gasteiger partial charge on any atom is 0.336 e. The molecule has 118 valence electrons. The Hall–Kier alpha value is -3.21. The molecule has 0 saturated carbocycles. The van der Waals surface area contributed by atoms with E-state index < -0.39 is 28.6 Å². The van der Waals surface area contributed by atoms with Gasteiger partial charge in [0.1, 0.15) is 5.92 Å². The lowest BCUT2D eigenvalue weighted by Crippen LogP contribution is -2.41. The van der Waals surface area contributed by atoms with Crippen LogP contribution < -0.4 is 5.32 Å². The largest absolute Gasteiger partial charge is 0.466 e. The monoisotopic (exact) mass is 315 g/mol. The molecule has 0 spiro atoms. The van der Waals surface area contributed by atoms with Gasteiger partial charge in [-0.15, -0.1) is 0 Å². The number of nitriles is 1. The fourth-order valence-corrected chi connectivity index (χ4v) is 2.66. The van der Waals surface area contributed by atoms with E-state index in [2.05, 4.69) is 5.32 Å². The number of para-hydroxylation sites is 1. The van der Waals surface area contributed by atoms with Crippen LogP contribution in [-0.2, 0) is 14.3 Å². The van der Waals surface area contributed by atoms with Gasteiger partial charge in [0.25, 0.3) is 5.69 Å². The Labute approximate surface area is 131 Å². The van der Waals surface area contributed by atoms with E-state index in [1.54, 1.807) is 6.07 Å². The molecule has 1 aromatic carbocycles. The van der Waals surface area contributed by atoms with Gasteiger partial charge in [-0.05, 0) is 6.92 Å². The second-order valence-electron chi connectivity index (χ2n) is 4.92. The number of ether oxygens (including phenoxy) is 1. The second kappa shape index (κ2) is 6.27. The van der Waals surface area contributed by atoms with Gasteiger partial charge in [-0.25, -0.2) is 4.79 Å². The number of nitro benzene ring substituents is 1. The molecule has 1 aliphatic heterocycles. The van der Waals surface area contributed by atoms with Crippen molar-refractivity contribution in [3.63, 3.8) is 0 Å². The molecule has 0 aliphatic carbocycles. The average molecular weight is 315 g/mol. The number of nitrogens with zero attached hydrogens (tertiary/aromatic N) is 2. The molecule has 1 amide bonds. The summed E-state index contributed by atoms with van der Waals surface area (Å²) in [6.07, 6.45) is 0. The van der Waals surface area contributed by atoms with Crippen LogP contribution in [0, 0.1) is 27.4 Å². The van der Waals surface area contributed by atoms with E-state index >= 15 is 0 Å². The van der Waals surface area contributed by atoms with Gasteiger partial charge in [0, 0.05) is 23.2 Å². The van der Waals surface area contributed by atoms with Crippen LogP contribution in [0.5, 0.6) is 0 Å². The molecular weight excluding hydrogens is 302 g/mol. The molecule has 2 rings (SSSR count). The number of nitrogens with one attached hydrogen (secondary N) is 1. The minimum atomic E-state index is -1.27. The number of carbonyl (C=O) groups excluding carboxylic acids is 2. The molecule has 0 aromatic heterocycles. The summed E-state index contributed by atoms with van der Waals surface area (Å²) in [5.74, 6) is -3.69. The van der Waals surface area contributed by atoms with Crippen molar-refractivity contribution < 1.29 is 19.2 Å². The number of hydrogen-bond acceptors (Lipinski definition) is 6. The van der Waals surface area contributed by atoms with Crippen molar-refractivity contribution in [2.24, 2.45) is 5.92 Å². The van der Waals surface area contributed by atoms with Gasteiger partial charge in [0.15, 0.2) is 0 Å². The molecule has 23 heavy (non-hydrogen) atoms. The Morgan fingerprint density at radius 2 is 2.09 bits per heavy atom. The molecule has 1 aliphatic rings. The number of benzene rings is 1. The van der Waals surface area contributed by atoms with Crippen LogP contribution in [0.2, 0.25) is 0 Å². The van der Waals surface area contributed by atoms with Crippen LogP contribution in [0.4, 0.5) is 5.69 Å². The highest BCUT2D eigenvalue weighted by Gasteiger charge is 2.43. The van der Waals surface area contributed by atoms with Crippen LogP contribution >= 0.6 is 0 Å². The number of amides is 1. The minimum Gasteiger partial charge on any atom is -0.466 e. The van der Waals surface area contributed by atoms with Crippen molar-refractivity contribution >= 4 is 17.6 Å². The Bertz CT molecular complexity index is 763. The molecule has 8 heteroatoms. The standard InChI is InChI=1S/C15H13N3O5/c1-8-12(15(20)23-2)13(10(7-16)14(19)17-8)9-5-3-4-6-11(9)18(21)22/h3-6,10,13H,1-2H3,(H,17,19). The number of hydrogen-bond donors (Lipinski definition) is 1. The fourth-order valence-electron chi connectivity index (χ4n) is 2.66. The highest BCUT2D eigenvalue weighted by atomic mass is 16.6. The molecule has 1 aromatic rings. The van der Waals surface area contributed by atoms with E-state index in [4.69, 9.17) is 4.74 Å². The SMILES string of the molecule is COC(=O)C1=C(C)NC(=O)C(C#N)C1c1ccccc1[N+](=O)[O-]. The zero-order valence-electron chi connectivity index (χ0n) is 12.4. The molecule has 1 heterocycles. The van der Waals surface area contributed by atoms with Gasteiger partial charge in [-0.1, -0.05) is 18.2 Å². The molecule has 8 nitrogen and oxygen atoms in total. The highest BCUT2D eigenvalue weighted by molar-refractivity contribution is 5.97. The Balaban J connectivity index is 2.74. The Kier molecular flexibility index (Phi) is 4.41. The van der Waals surface area contributed by atoms with Crippen molar-refractivity contribution in [1.82, 2.24) is 5.32 Å². The molecular formula is C15H13N3O5. The molecule has 1 N–H and O–H groups in total. The number of carbonyl (C=O) groups is 2. The summed E-state index contributed by atoms with van der Waals surface area (Å²) in [4.78, 5) is 34.8. The van der Waals surface area contributed by atoms with Gasteiger partial charge in [-0.2, -0.15) is 5.26 Å². The van der Waals surface area contributed by atoms with E-state index in [9.17, 15) is 25.0 Å². The van der Waals surface area contributed by atoms with E-state index in [0.717, 1.165) is 7.11 Å². The first-order valence-corrected chi connectivity index (χ1v) is 6.65. The van der Waals surface area contributed by atoms with Crippen molar-refractivity contribution in [2.75, 3.05) is 7.11 Å². The summed E-state index contributed by atoms with van der Waals surface area (Å²) >= 11 is 0. The third-order valence-corrected chi connectivity index (χ3v) is 3.65. The van der Waals surface area contributed by atoms with E-state index in [1.807, 2.05) is 6.07 Å².